The second kappa shape index (κ2) is 10.2. The first-order valence-corrected chi connectivity index (χ1v) is 13.7. The summed E-state index contributed by atoms with van der Waals surface area (Å²) in [6.07, 6.45) is 3.99. The molecule has 10 nitrogen and oxygen atoms in total. The van der Waals surface area contributed by atoms with Gasteiger partial charge in [-0.2, -0.15) is 10.2 Å². The van der Waals surface area contributed by atoms with Gasteiger partial charge in [0.25, 0.3) is 0 Å². The molecule has 0 bridgehead atoms. The Hall–Kier alpha value is -4.82. The fourth-order valence-electron chi connectivity index (χ4n) is 5.55. The number of pyridine rings is 2. The summed E-state index contributed by atoms with van der Waals surface area (Å²) in [7, 11) is 0. The van der Waals surface area contributed by atoms with Gasteiger partial charge in [-0.05, 0) is 50.1 Å². The minimum Gasteiger partial charge on any atom is -0.507 e. The van der Waals surface area contributed by atoms with Gasteiger partial charge in [0.15, 0.2) is 5.65 Å². The minimum absolute atomic E-state index is 0.0289. The quantitative estimate of drug-likeness (QED) is 0.346. The maximum Gasteiger partial charge on any atom is 0.357 e. The number of anilines is 1. The number of phenolic OH excluding ortho intramolecular Hbond substituents is 1. The summed E-state index contributed by atoms with van der Waals surface area (Å²) in [5, 5.41) is 20.9. The van der Waals surface area contributed by atoms with E-state index in [0.29, 0.717) is 49.2 Å². The molecule has 1 atom stereocenters. The number of nitrogens with zero attached hydrogens (tertiary/aromatic N) is 7. The SMILES string of the molecule is C=CC(=O)N1CCN(c2nc(=O)n(-c3ncccc3C3(C#N)CC3)c3nc(-c4c(O)cccc4F)c(Cl)cc23)[C@@H](C)C1. The van der Waals surface area contributed by atoms with Crippen LogP contribution in [-0.4, -0.2) is 61.1 Å². The fraction of sp³-hybridized carbons (Fsp3) is 0.267. The van der Waals surface area contributed by atoms with Gasteiger partial charge in [-0.15, -0.1) is 0 Å². The van der Waals surface area contributed by atoms with Crippen molar-refractivity contribution in [2.75, 3.05) is 24.5 Å². The molecule has 1 aromatic carbocycles. The van der Waals surface area contributed by atoms with Gasteiger partial charge in [0.2, 0.25) is 5.91 Å². The molecule has 3 aromatic heterocycles. The molecule has 1 saturated heterocycles. The van der Waals surface area contributed by atoms with Crippen LogP contribution >= 0.6 is 11.6 Å². The van der Waals surface area contributed by atoms with Crippen molar-refractivity contribution in [3.8, 4) is 28.9 Å². The predicted octanol–water partition coefficient (Wildman–Crippen LogP) is 4.12. The van der Waals surface area contributed by atoms with Crippen molar-refractivity contribution in [2.45, 2.75) is 31.2 Å². The number of aromatic hydroxyl groups is 1. The highest BCUT2D eigenvalue weighted by Crippen LogP contribution is 2.49. The monoisotopic (exact) mass is 585 g/mol. The summed E-state index contributed by atoms with van der Waals surface area (Å²) in [6.45, 7) is 6.58. The Morgan fingerprint density at radius 3 is 2.69 bits per heavy atom. The van der Waals surface area contributed by atoms with Crippen LogP contribution in [0.1, 0.15) is 25.3 Å². The number of carbonyl (C=O) groups excluding carboxylic acids is 1. The van der Waals surface area contributed by atoms with E-state index in [1.54, 1.807) is 17.0 Å². The summed E-state index contributed by atoms with van der Waals surface area (Å²) in [6, 6.07) is 11.0. The number of nitriles is 1. The van der Waals surface area contributed by atoms with E-state index in [1.807, 2.05) is 11.8 Å². The van der Waals surface area contributed by atoms with Crippen LogP contribution in [0.5, 0.6) is 5.75 Å². The predicted molar refractivity (Wildman–Crippen MR) is 155 cm³/mol. The standard InChI is InChI=1S/C30H25ClFN7O3/c1-3-23(41)37-12-13-38(17(2)15-37)26-18-14-20(31)25(24-21(32)7-4-8-22(24)40)35-27(18)39(29(42)36-26)28-19(6-5-11-34-28)30(16-33)9-10-30/h3-8,11,14,17,40H,1,9-10,12-13,15H2,2H3/t17-/m0/s1. The molecule has 0 radical (unpaired) electrons. The van der Waals surface area contributed by atoms with E-state index in [0.717, 1.165) is 0 Å². The maximum atomic E-state index is 15.0. The number of aromatic nitrogens is 4. The van der Waals surface area contributed by atoms with E-state index >= 15 is 4.39 Å². The van der Waals surface area contributed by atoms with Gasteiger partial charge in [0.05, 0.1) is 33.2 Å². The highest BCUT2D eigenvalue weighted by molar-refractivity contribution is 6.34. The fourth-order valence-corrected chi connectivity index (χ4v) is 5.80. The minimum atomic E-state index is -0.796. The third-order valence-electron chi connectivity index (χ3n) is 7.89. The average molecular weight is 586 g/mol. The van der Waals surface area contributed by atoms with Crippen LogP contribution in [0.25, 0.3) is 28.1 Å². The van der Waals surface area contributed by atoms with Gasteiger partial charge in [0, 0.05) is 37.4 Å². The molecule has 212 valence electrons. The highest BCUT2D eigenvalue weighted by Gasteiger charge is 2.47. The van der Waals surface area contributed by atoms with Crippen LogP contribution in [0, 0.1) is 17.1 Å². The van der Waals surface area contributed by atoms with Crippen LogP contribution in [0.3, 0.4) is 0 Å². The van der Waals surface area contributed by atoms with E-state index in [4.69, 9.17) is 11.6 Å². The Morgan fingerprint density at radius 2 is 2.02 bits per heavy atom. The molecule has 12 heteroatoms. The Labute approximate surface area is 244 Å². The van der Waals surface area contributed by atoms with Crippen molar-refractivity contribution in [1.82, 2.24) is 24.4 Å². The van der Waals surface area contributed by atoms with Crippen LogP contribution < -0.4 is 10.6 Å². The molecule has 1 aliphatic heterocycles. The lowest BCUT2D eigenvalue weighted by Crippen LogP contribution is -2.54. The number of rotatable bonds is 5. The van der Waals surface area contributed by atoms with Crippen molar-refractivity contribution < 1.29 is 14.3 Å². The molecule has 1 aliphatic carbocycles. The first-order valence-electron chi connectivity index (χ1n) is 13.4. The van der Waals surface area contributed by atoms with Gasteiger partial charge in [0.1, 0.15) is 23.2 Å². The molecule has 2 fully saturated rings. The number of amides is 1. The Kier molecular flexibility index (Phi) is 6.66. The zero-order chi connectivity index (χ0) is 29.8. The summed E-state index contributed by atoms with van der Waals surface area (Å²) >= 11 is 6.69. The molecular formula is C30H25ClFN7O3. The number of carbonyl (C=O) groups is 1. The second-order valence-electron chi connectivity index (χ2n) is 10.5. The van der Waals surface area contributed by atoms with E-state index in [2.05, 4.69) is 27.6 Å². The lowest BCUT2D eigenvalue weighted by Gasteiger charge is -2.40. The summed E-state index contributed by atoms with van der Waals surface area (Å²) in [5.41, 5.74) is -1.15. The van der Waals surface area contributed by atoms with E-state index in [9.17, 15) is 20.0 Å². The highest BCUT2D eigenvalue weighted by atomic mass is 35.5. The van der Waals surface area contributed by atoms with Gasteiger partial charge < -0.3 is 14.9 Å². The van der Waals surface area contributed by atoms with Gasteiger partial charge in [-0.3, -0.25) is 4.79 Å². The number of hydrogen-bond acceptors (Lipinski definition) is 8. The van der Waals surface area contributed by atoms with Crippen molar-refractivity contribution in [1.29, 1.82) is 5.26 Å². The molecule has 42 heavy (non-hydrogen) atoms. The average Bonchev–Trinajstić information content (AvgIpc) is 3.78. The smallest absolute Gasteiger partial charge is 0.357 e. The van der Waals surface area contributed by atoms with Crippen LogP contribution in [-0.2, 0) is 10.2 Å². The van der Waals surface area contributed by atoms with Gasteiger partial charge >= 0.3 is 5.69 Å². The third kappa shape index (κ3) is 4.35. The maximum absolute atomic E-state index is 15.0. The lowest BCUT2D eigenvalue weighted by atomic mass is 9.98. The molecule has 2 aliphatic rings. The number of piperazine rings is 1. The van der Waals surface area contributed by atoms with Crippen molar-refractivity contribution in [3.05, 3.63) is 82.1 Å². The molecule has 1 N–H and O–H groups in total. The molecule has 1 saturated carbocycles. The van der Waals surface area contributed by atoms with Crippen molar-refractivity contribution >= 4 is 34.4 Å². The molecule has 4 heterocycles. The Bertz CT molecular complexity index is 1860. The van der Waals surface area contributed by atoms with Crippen LogP contribution in [0.15, 0.2) is 60.0 Å². The van der Waals surface area contributed by atoms with Crippen molar-refractivity contribution in [2.24, 2.45) is 0 Å². The van der Waals surface area contributed by atoms with E-state index in [1.165, 1.54) is 41.1 Å². The second-order valence-corrected chi connectivity index (χ2v) is 10.9. The van der Waals surface area contributed by atoms with E-state index in [-0.39, 0.29) is 45.4 Å². The lowest BCUT2D eigenvalue weighted by molar-refractivity contribution is -0.126. The number of halogens is 2. The largest absolute Gasteiger partial charge is 0.507 e. The topological polar surface area (TPSA) is 128 Å². The summed E-state index contributed by atoms with van der Waals surface area (Å²) in [4.78, 5) is 43.3. The Morgan fingerprint density at radius 1 is 1.24 bits per heavy atom. The molecule has 1 amide bonds. The van der Waals surface area contributed by atoms with Gasteiger partial charge in [-0.1, -0.05) is 30.3 Å². The normalized spacial score (nSPS) is 17.6. The zero-order valence-corrected chi connectivity index (χ0v) is 23.3. The molecular weight excluding hydrogens is 561 g/mol. The molecule has 6 rings (SSSR count). The number of phenols is 1. The molecule has 0 spiro atoms. The van der Waals surface area contributed by atoms with Gasteiger partial charge in [-0.25, -0.2) is 23.7 Å². The first kappa shape index (κ1) is 27.4. The summed E-state index contributed by atoms with van der Waals surface area (Å²) < 4.78 is 16.2. The van der Waals surface area contributed by atoms with Crippen LogP contribution in [0.4, 0.5) is 10.2 Å². The van der Waals surface area contributed by atoms with Crippen molar-refractivity contribution in [3.63, 3.8) is 0 Å². The first-order chi connectivity index (χ1) is 20.2. The number of fused-ring (bicyclic) bond motifs is 1. The number of hydrogen-bond donors (Lipinski definition) is 1. The van der Waals surface area contributed by atoms with Crippen LogP contribution in [0.2, 0.25) is 5.02 Å². The summed E-state index contributed by atoms with van der Waals surface area (Å²) in [5.74, 6) is -0.824. The molecule has 4 aromatic rings. The van der Waals surface area contributed by atoms with E-state index < -0.39 is 16.9 Å². The zero-order valence-electron chi connectivity index (χ0n) is 22.6. The number of benzene rings is 1. The third-order valence-corrected chi connectivity index (χ3v) is 8.18. The molecule has 0 unspecified atom stereocenters. The Balaban J connectivity index is 1.63.